The Hall–Kier alpha value is -1.71. The van der Waals surface area contributed by atoms with Crippen molar-refractivity contribution >= 4 is 11.7 Å². The van der Waals surface area contributed by atoms with Crippen molar-refractivity contribution in [1.29, 1.82) is 0 Å². The van der Waals surface area contributed by atoms with Crippen LogP contribution in [-0.2, 0) is 4.79 Å². The zero-order valence-electron chi connectivity index (χ0n) is 11.4. The quantitative estimate of drug-likeness (QED) is 0.844. The average Bonchev–Trinajstić information content (AvgIpc) is 2.38. The van der Waals surface area contributed by atoms with Crippen molar-refractivity contribution in [3.05, 3.63) is 24.3 Å². The van der Waals surface area contributed by atoms with Gasteiger partial charge in [0, 0.05) is 25.3 Å². The van der Waals surface area contributed by atoms with Gasteiger partial charge in [0.05, 0.1) is 12.5 Å². The summed E-state index contributed by atoms with van der Waals surface area (Å²) in [4.78, 5) is 13.2. The minimum atomic E-state index is -0.764. The number of carboxylic acids is 1. The summed E-state index contributed by atoms with van der Waals surface area (Å²) < 4.78 is 5.17. The number of ether oxygens (including phenoxy) is 1. The summed E-state index contributed by atoms with van der Waals surface area (Å²) in [6, 6.07) is 7.61. The van der Waals surface area contributed by atoms with Gasteiger partial charge in [-0.05, 0) is 25.5 Å². The fourth-order valence-corrected chi connectivity index (χ4v) is 1.79. The van der Waals surface area contributed by atoms with E-state index < -0.39 is 11.4 Å². The van der Waals surface area contributed by atoms with Crippen molar-refractivity contribution < 1.29 is 14.6 Å². The highest BCUT2D eigenvalue weighted by Crippen LogP contribution is 2.27. The van der Waals surface area contributed by atoms with Crippen molar-refractivity contribution in [3.8, 4) is 5.75 Å². The Morgan fingerprint density at radius 2 is 2.17 bits per heavy atom. The number of aliphatic carboxylic acids is 1. The van der Waals surface area contributed by atoms with E-state index in [0.29, 0.717) is 13.0 Å². The summed E-state index contributed by atoms with van der Waals surface area (Å²) in [5.41, 5.74) is 0.216. The summed E-state index contributed by atoms with van der Waals surface area (Å²) in [5, 5.41) is 9.28. The maximum atomic E-state index is 11.3. The third kappa shape index (κ3) is 3.15. The Labute approximate surface area is 108 Å². The van der Waals surface area contributed by atoms with E-state index in [1.54, 1.807) is 14.0 Å². The van der Waals surface area contributed by atoms with E-state index in [-0.39, 0.29) is 0 Å². The number of methoxy groups -OCH3 is 1. The first-order chi connectivity index (χ1) is 8.42. The molecule has 1 aromatic rings. The molecule has 0 radical (unpaired) electrons. The van der Waals surface area contributed by atoms with Gasteiger partial charge in [0.15, 0.2) is 0 Å². The van der Waals surface area contributed by atoms with Crippen molar-refractivity contribution in [3.63, 3.8) is 0 Å². The molecule has 1 atom stereocenters. The maximum absolute atomic E-state index is 11.3. The van der Waals surface area contributed by atoms with E-state index >= 15 is 0 Å². The molecule has 0 fully saturated rings. The van der Waals surface area contributed by atoms with Crippen LogP contribution in [-0.4, -0.2) is 31.8 Å². The van der Waals surface area contributed by atoms with Crippen LogP contribution in [0.1, 0.15) is 20.3 Å². The molecule has 4 heteroatoms. The average molecular weight is 251 g/mol. The Morgan fingerprint density at radius 1 is 1.50 bits per heavy atom. The second-order valence-corrected chi connectivity index (χ2v) is 4.78. The van der Waals surface area contributed by atoms with Gasteiger partial charge in [-0.1, -0.05) is 13.0 Å². The molecule has 1 aromatic carbocycles. The molecular formula is C14H21NO3. The molecule has 18 heavy (non-hydrogen) atoms. The third-order valence-corrected chi connectivity index (χ3v) is 3.38. The molecule has 0 spiro atoms. The van der Waals surface area contributed by atoms with Crippen LogP contribution in [0.5, 0.6) is 5.75 Å². The van der Waals surface area contributed by atoms with Gasteiger partial charge < -0.3 is 14.7 Å². The maximum Gasteiger partial charge on any atom is 0.311 e. The largest absolute Gasteiger partial charge is 0.497 e. The first kappa shape index (κ1) is 14.4. The summed E-state index contributed by atoms with van der Waals surface area (Å²) in [6.07, 6.45) is 0.594. The van der Waals surface area contributed by atoms with Gasteiger partial charge in [0.1, 0.15) is 5.75 Å². The van der Waals surface area contributed by atoms with Crippen LogP contribution in [0.25, 0.3) is 0 Å². The minimum Gasteiger partial charge on any atom is -0.497 e. The monoisotopic (exact) mass is 251 g/mol. The Morgan fingerprint density at radius 3 is 2.67 bits per heavy atom. The number of rotatable bonds is 6. The molecule has 0 bridgehead atoms. The molecular weight excluding hydrogens is 230 g/mol. The summed E-state index contributed by atoms with van der Waals surface area (Å²) >= 11 is 0. The predicted molar refractivity (Wildman–Crippen MR) is 72.3 cm³/mol. The number of carbonyl (C=O) groups is 1. The van der Waals surface area contributed by atoms with Crippen molar-refractivity contribution in [2.24, 2.45) is 5.41 Å². The molecule has 0 saturated carbocycles. The first-order valence-corrected chi connectivity index (χ1v) is 6.01. The zero-order chi connectivity index (χ0) is 13.8. The fraction of sp³-hybridized carbons (Fsp3) is 0.500. The Kier molecular flexibility index (Phi) is 4.59. The van der Waals surface area contributed by atoms with E-state index in [1.807, 2.05) is 43.1 Å². The van der Waals surface area contributed by atoms with E-state index in [9.17, 15) is 9.90 Å². The third-order valence-electron chi connectivity index (χ3n) is 3.38. The summed E-state index contributed by atoms with van der Waals surface area (Å²) in [7, 11) is 3.51. The second kappa shape index (κ2) is 5.76. The molecule has 0 aliphatic carbocycles. The van der Waals surface area contributed by atoms with Crippen molar-refractivity contribution in [2.45, 2.75) is 20.3 Å². The van der Waals surface area contributed by atoms with Crippen LogP contribution >= 0.6 is 0 Å². The van der Waals surface area contributed by atoms with E-state index in [1.165, 1.54) is 0 Å². The topological polar surface area (TPSA) is 49.8 Å². The van der Waals surface area contributed by atoms with Gasteiger partial charge in [-0.2, -0.15) is 0 Å². The molecule has 1 rings (SSSR count). The Balaban J connectivity index is 2.87. The zero-order valence-corrected chi connectivity index (χ0v) is 11.4. The van der Waals surface area contributed by atoms with Gasteiger partial charge >= 0.3 is 5.97 Å². The van der Waals surface area contributed by atoms with Gasteiger partial charge in [0.25, 0.3) is 0 Å². The van der Waals surface area contributed by atoms with Crippen molar-refractivity contribution in [2.75, 3.05) is 25.6 Å². The van der Waals surface area contributed by atoms with Gasteiger partial charge in [-0.25, -0.2) is 0 Å². The molecule has 4 nitrogen and oxygen atoms in total. The number of carboxylic acid groups (broad SMARTS) is 1. The number of hydrogen-bond acceptors (Lipinski definition) is 3. The van der Waals surface area contributed by atoms with Crippen LogP contribution in [0.2, 0.25) is 0 Å². The normalized spacial score (nSPS) is 13.8. The lowest BCUT2D eigenvalue weighted by Crippen LogP contribution is -2.39. The van der Waals surface area contributed by atoms with Crippen LogP contribution in [0.4, 0.5) is 5.69 Å². The van der Waals surface area contributed by atoms with Crippen LogP contribution in [0, 0.1) is 5.41 Å². The van der Waals surface area contributed by atoms with Gasteiger partial charge in [-0.15, -0.1) is 0 Å². The highest BCUT2D eigenvalue weighted by molar-refractivity contribution is 5.75. The Bertz CT molecular complexity index is 419. The minimum absolute atomic E-state index is 0.464. The molecule has 0 aliphatic rings. The number of anilines is 1. The lowest BCUT2D eigenvalue weighted by molar-refractivity contribution is -0.147. The number of nitrogens with zero attached hydrogens (tertiary/aromatic N) is 1. The molecule has 1 unspecified atom stereocenters. The molecule has 0 aromatic heterocycles. The molecule has 0 heterocycles. The fourth-order valence-electron chi connectivity index (χ4n) is 1.79. The summed E-state index contributed by atoms with van der Waals surface area (Å²) in [5.74, 6) is 0.00706. The molecule has 100 valence electrons. The smallest absolute Gasteiger partial charge is 0.311 e. The molecule has 1 N–H and O–H groups in total. The second-order valence-electron chi connectivity index (χ2n) is 4.78. The summed E-state index contributed by atoms with van der Waals surface area (Å²) in [6.45, 7) is 4.13. The highest BCUT2D eigenvalue weighted by atomic mass is 16.5. The highest BCUT2D eigenvalue weighted by Gasteiger charge is 2.32. The van der Waals surface area contributed by atoms with Crippen LogP contribution in [0.15, 0.2) is 24.3 Å². The van der Waals surface area contributed by atoms with Crippen molar-refractivity contribution in [1.82, 2.24) is 0 Å². The lowest BCUT2D eigenvalue weighted by Gasteiger charge is -2.30. The van der Waals surface area contributed by atoms with Gasteiger partial charge in [-0.3, -0.25) is 4.79 Å². The van der Waals surface area contributed by atoms with Gasteiger partial charge in [0.2, 0.25) is 0 Å². The first-order valence-electron chi connectivity index (χ1n) is 6.01. The SMILES string of the molecule is CCC(C)(CN(C)c1cccc(OC)c1)C(=O)O. The molecule has 0 aliphatic heterocycles. The standard InChI is InChI=1S/C14H21NO3/c1-5-14(2,13(16)17)10-15(3)11-7-6-8-12(9-11)18-4/h6-9H,5,10H2,1-4H3,(H,16,17). The van der Waals surface area contributed by atoms with E-state index in [2.05, 4.69) is 0 Å². The van der Waals surface area contributed by atoms with Crippen LogP contribution < -0.4 is 9.64 Å². The number of benzene rings is 1. The molecule has 0 amide bonds. The molecule has 0 saturated heterocycles. The van der Waals surface area contributed by atoms with Crippen LogP contribution in [0.3, 0.4) is 0 Å². The number of hydrogen-bond donors (Lipinski definition) is 1. The predicted octanol–water partition coefficient (Wildman–Crippen LogP) is 2.63. The lowest BCUT2D eigenvalue weighted by atomic mass is 9.87. The van der Waals surface area contributed by atoms with E-state index in [4.69, 9.17) is 4.74 Å². The van der Waals surface area contributed by atoms with E-state index in [0.717, 1.165) is 11.4 Å².